The van der Waals surface area contributed by atoms with Gasteiger partial charge in [-0.1, -0.05) is 23.8 Å². The van der Waals surface area contributed by atoms with Crippen LogP contribution in [0.25, 0.3) is 0 Å². The van der Waals surface area contributed by atoms with E-state index in [2.05, 4.69) is 6.08 Å². The Labute approximate surface area is 122 Å². The zero-order chi connectivity index (χ0) is 15.5. The maximum absolute atomic E-state index is 10.8. The molecule has 0 rings (SSSR count). The van der Waals surface area contributed by atoms with E-state index in [0.29, 0.717) is 12.8 Å². The molecule has 0 aromatic carbocycles. The van der Waals surface area contributed by atoms with Crippen LogP contribution in [0.4, 0.5) is 0 Å². The van der Waals surface area contributed by atoms with Crippen LogP contribution in [0.2, 0.25) is 0 Å². The van der Waals surface area contributed by atoms with Gasteiger partial charge in [0.2, 0.25) is 0 Å². The van der Waals surface area contributed by atoms with Gasteiger partial charge in [0.05, 0.1) is 6.10 Å². The van der Waals surface area contributed by atoms with E-state index < -0.39 is 6.10 Å². The Morgan fingerprint density at radius 2 is 1.75 bits per heavy atom. The van der Waals surface area contributed by atoms with E-state index in [1.165, 1.54) is 18.6 Å². The molecular formula is C17H26O3. The van der Waals surface area contributed by atoms with Gasteiger partial charge in [0.15, 0.2) is 5.78 Å². The van der Waals surface area contributed by atoms with E-state index in [-0.39, 0.29) is 11.6 Å². The zero-order valence-electron chi connectivity index (χ0n) is 13.0. The molecule has 0 aliphatic heterocycles. The van der Waals surface area contributed by atoms with Crippen molar-refractivity contribution in [2.75, 3.05) is 0 Å². The van der Waals surface area contributed by atoms with E-state index in [1.54, 1.807) is 19.1 Å². The first-order valence-electron chi connectivity index (χ1n) is 7.01. The minimum Gasteiger partial charge on any atom is -0.389 e. The maximum Gasteiger partial charge on any atom is 0.152 e. The van der Waals surface area contributed by atoms with Crippen molar-refractivity contribution in [2.24, 2.45) is 0 Å². The fourth-order valence-electron chi connectivity index (χ4n) is 1.66. The van der Waals surface area contributed by atoms with Crippen molar-refractivity contribution in [3.8, 4) is 0 Å². The van der Waals surface area contributed by atoms with Crippen LogP contribution in [0.3, 0.4) is 0 Å². The Morgan fingerprint density at radius 3 is 2.30 bits per heavy atom. The quantitative estimate of drug-likeness (QED) is 0.399. The lowest BCUT2D eigenvalue weighted by atomic mass is 10.0. The minimum absolute atomic E-state index is 0.00668. The summed E-state index contributed by atoms with van der Waals surface area (Å²) in [4.78, 5) is 21.6. The Bertz CT molecular complexity index is 414. The number of rotatable bonds is 9. The number of hydrogen-bond donors (Lipinski definition) is 1. The summed E-state index contributed by atoms with van der Waals surface area (Å²) in [7, 11) is 0. The van der Waals surface area contributed by atoms with Crippen LogP contribution in [0.15, 0.2) is 35.5 Å². The molecule has 1 atom stereocenters. The molecular weight excluding hydrogens is 252 g/mol. The second kappa shape index (κ2) is 10.3. The fourth-order valence-corrected chi connectivity index (χ4v) is 1.66. The minimum atomic E-state index is -0.497. The Hall–Kier alpha value is -1.48. The molecule has 0 heterocycles. The molecule has 0 aromatic heterocycles. The molecule has 3 nitrogen and oxygen atoms in total. The fraction of sp³-hybridized carbons (Fsp3) is 0.529. The highest BCUT2D eigenvalue weighted by Gasteiger charge is 2.05. The van der Waals surface area contributed by atoms with Gasteiger partial charge in [-0.2, -0.15) is 0 Å². The number of hydrogen-bond acceptors (Lipinski definition) is 3. The molecule has 0 fully saturated rings. The van der Waals surface area contributed by atoms with Gasteiger partial charge in [-0.05, 0) is 58.6 Å². The summed E-state index contributed by atoms with van der Waals surface area (Å²) >= 11 is 0. The van der Waals surface area contributed by atoms with Crippen molar-refractivity contribution in [1.82, 2.24) is 0 Å². The van der Waals surface area contributed by atoms with Gasteiger partial charge in [-0.3, -0.25) is 4.79 Å². The Kier molecular flexibility index (Phi) is 9.56. The number of Topliss-reactive ketones (excluding diaryl/α,β-unsaturated/α-hetero) is 1. The lowest BCUT2D eigenvalue weighted by Gasteiger charge is -2.11. The molecule has 0 radical (unpaired) electrons. The normalized spacial score (nSPS) is 14.7. The maximum atomic E-state index is 10.8. The van der Waals surface area contributed by atoms with Gasteiger partial charge in [0.1, 0.15) is 5.78 Å². The summed E-state index contributed by atoms with van der Waals surface area (Å²) in [6.07, 6.45) is 9.27. The summed E-state index contributed by atoms with van der Waals surface area (Å²) in [6, 6.07) is 0. The molecule has 0 amide bonds. The van der Waals surface area contributed by atoms with Crippen LogP contribution in [-0.2, 0) is 9.59 Å². The van der Waals surface area contributed by atoms with E-state index in [1.807, 2.05) is 13.8 Å². The molecule has 0 aromatic rings. The molecule has 0 aliphatic rings. The molecule has 1 unspecified atom stereocenters. The van der Waals surface area contributed by atoms with Crippen molar-refractivity contribution < 1.29 is 14.7 Å². The molecule has 0 spiro atoms. The number of aliphatic hydroxyl groups excluding tert-OH is 1. The second-order valence-electron chi connectivity index (χ2n) is 5.23. The van der Waals surface area contributed by atoms with Gasteiger partial charge in [0.25, 0.3) is 0 Å². The third-order valence-corrected chi connectivity index (χ3v) is 3.02. The number of allylic oxidation sites excluding steroid dienone is 5. The van der Waals surface area contributed by atoms with E-state index >= 15 is 0 Å². The largest absolute Gasteiger partial charge is 0.389 e. The van der Waals surface area contributed by atoms with Crippen LogP contribution in [-0.4, -0.2) is 22.8 Å². The molecule has 3 heteroatoms. The van der Waals surface area contributed by atoms with Crippen LogP contribution in [0, 0.1) is 0 Å². The number of carbonyl (C=O) groups is 2. The summed E-state index contributed by atoms with van der Waals surface area (Å²) in [6.45, 7) is 6.95. The van der Waals surface area contributed by atoms with E-state index in [4.69, 9.17) is 0 Å². The lowest BCUT2D eigenvalue weighted by Crippen LogP contribution is -2.07. The standard InChI is InChI=1S/C17H26O3/c1-13(7-5-9-15(3)18)11-12-17(20)14(2)8-6-10-16(4)19/h6-8,10,17,20H,5,9,11-12H2,1-4H3/b10-6+,13-7-,14-8+. The summed E-state index contributed by atoms with van der Waals surface area (Å²) in [5.41, 5.74) is 2.04. The van der Waals surface area contributed by atoms with Crippen molar-refractivity contribution in [2.45, 2.75) is 59.5 Å². The van der Waals surface area contributed by atoms with E-state index in [9.17, 15) is 14.7 Å². The van der Waals surface area contributed by atoms with Gasteiger partial charge in [-0.25, -0.2) is 0 Å². The van der Waals surface area contributed by atoms with Crippen LogP contribution in [0.1, 0.15) is 53.4 Å². The van der Waals surface area contributed by atoms with E-state index in [0.717, 1.165) is 18.4 Å². The van der Waals surface area contributed by atoms with Gasteiger partial charge >= 0.3 is 0 Å². The predicted molar refractivity (Wildman–Crippen MR) is 82.5 cm³/mol. The van der Waals surface area contributed by atoms with Crippen LogP contribution >= 0.6 is 0 Å². The van der Waals surface area contributed by atoms with Gasteiger partial charge < -0.3 is 9.90 Å². The second-order valence-corrected chi connectivity index (χ2v) is 5.23. The van der Waals surface area contributed by atoms with Crippen molar-refractivity contribution in [3.63, 3.8) is 0 Å². The summed E-state index contributed by atoms with van der Waals surface area (Å²) < 4.78 is 0. The van der Waals surface area contributed by atoms with Crippen LogP contribution in [0.5, 0.6) is 0 Å². The molecule has 0 saturated carbocycles. The molecule has 20 heavy (non-hydrogen) atoms. The first-order chi connectivity index (χ1) is 9.32. The molecule has 0 saturated heterocycles. The van der Waals surface area contributed by atoms with Crippen molar-refractivity contribution >= 4 is 11.6 Å². The highest BCUT2D eigenvalue weighted by molar-refractivity contribution is 5.87. The number of carbonyl (C=O) groups excluding carboxylic acids is 2. The summed E-state index contributed by atoms with van der Waals surface area (Å²) in [5.74, 6) is 0.193. The zero-order valence-corrected chi connectivity index (χ0v) is 13.0. The topological polar surface area (TPSA) is 54.4 Å². The third kappa shape index (κ3) is 10.4. The summed E-state index contributed by atoms with van der Waals surface area (Å²) in [5, 5.41) is 9.98. The first kappa shape index (κ1) is 18.5. The Balaban J connectivity index is 4.17. The highest BCUT2D eigenvalue weighted by Crippen LogP contribution is 2.13. The molecule has 1 N–H and O–H groups in total. The predicted octanol–water partition coefficient (Wildman–Crippen LogP) is 3.53. The highest BCUT2D eigenvalue weighted by atomic mass is 16.3. The van der Waals surface area contributed by atoms with Crippen molar-refractivity contribution in [3.05, 3.63) is 35.5 Å². The van der Waals surface area contributed by atoms with Gasteiger partial charge in [0, 0.05) is 6.42 Å². The average molecular weight is 278 g/mol. The average Bonchev–Trinajstić information content (AvgIpc) is 2.34. The van der Waals surface area contributed by atoms with Gasteiger partial charge in [-0.15, -0.1) is 0 Å². The smallest absolute Gasteiger partial charge is 0.152 e. The lowest BCUT2D eigenvalue weighted by molar-refractivity contribution is -0.117. The molecule has 0 bridgehead atoms. The van der Waals surface area contributed by atoms with Crippen molar-refractivity contribution in [1.29, 1.82) is 0 Å². The third-order valence-electron chi connectivity index (χ3n) is 3.02. The first-order valence-corrected chi connectivity index (χ1v) is 7.01. The monoisotopic (exact) mass is 278 g/mol. The molecule has 0 aliphatic carbocycles. The van der Waals surface area contributed by atoms with Crippen LogP contribution < -0.4 is 0 Å². The number of ketones is 2. The SMILES string of the molecule is CC(=O)/C=C/C=C(\C)C(O)CC/C(C)=C\CCC(C)=O. The number of aliphatic hydroxyl groups is 1. The molecule has 112 valence electrons. The Morgan fingerprint density at radius 1 is 1.10 bits per heavy atom.